The third-order valence-corrected chi connectivity index (χ3v) is 10.6. The van der Waals surface area contributed by atoms with E-state index in [1.54, 1.807) is 29.4 Å². The number of anilines is 2. The molecule has 2 saturated heterocycles. The van der Waals surface area contributed by atoms with E-state index < -0.39 is 4.75 Å². The van der Waals surface area contributed by atoms with Gasteiger partial charge in [0.05, 0.1) is 25.3 Å². The zero-order valence-electron chi connectivity index (χ0n) is 26.2. The fraction of sp³-hybridized carbons (Fsp3) is 0.382. The van der Waals surface area contributed by atoms with E-state index >= 15 is 4.39 Å². The van der Waals surface area contributed by atoms with Crippen molar-refractivity contribution in [3.63, 3.8) is 0 Å². The smallest absolute Gasteiger partial charge is 0.241 e. The number of rotatable bonds is 8. The Hall–Kier alpha value is -4.33. The molecule has 2 amide bonds. The second-order valence-corrected chi connectivity index (χ2v) is 13.3. The van der Waals surface area contributed by atoms with Gasteiger partial charge in [-0.3, -0.25) is 19.6 Å². The lowest BCUT2D eigenvalue weighted by molar-refractivity contribution is -0.132. The fourth-order valence-electron chi connectivity index (χ4n) is 6.57. The first kappa shape index (κ1) is 31.3. The van der Waals surface area contributed by atoms with Gasteiger partial charge in [-0.25, -0.2) is 14.4 Å². The van der Waals surface area contributed by atoms with Crippen molar-refractivity contribution in [2.45, 2.75) is 17.6 Å². The first-order valence-corrected chi connectivity index (χ1v) is 17.1. The second-order valence-electron chi connectivity index (χ2n) is 12.1. The van der Waals surface area contributed by atoms with Crippen molar-refractivity contribution < 1.29 is 18.7 Å². The Kier molecular flexibility index (Phi) is 8.93. The maximum Gasteiger partial charge on any atom is 0.241 e. The lowest BCUT2D eigenvalue weighted by Crippen LogP contribution is -2.45. The summed E-state index contributed by atoms with van der Waals surface area (Å²) in [6.45, 7) is 5.17. The molecule has 1 atom stereocenters. The molecular weight excluding hydrogens is 619 g/mol. The van der Waals surface area contributed by atoms with Gasteiger partial charge in [0.2, 0.25) is 11.8 Å². The van der Waals surface area contributed by atoms with Gasteiger partial charge in [-0.15, -0.1) is 11.8 Å². The molecule has 244 valence electrons. The Bertz CT molecular complexity index is 1810. The van der Waals surface area contributed by atoms with Crippen LogP contribution >= 0.6 is 11.8 Å². The molecule has 4 aromatic rings. The predicted molar refractivity (Wildman–Crippen MR) is 182 cm³/mol. The van der Waals surface area contributed by atoms with Crippen LogP contribution < -0.4 is 10.2 Å². The summed E-state index contributed by atoms with van der Waals surface area (Å²) in [5.41, 5.74) is 3.68. The first-order chi connectivity index (χ1) is 22.9. The normalized spacial score (nSPS) is 20.4. The van der Waals surface area contributed by atoms with Crippen LogP contribution in [-0.4, -0.2) is 112 Å². The van der Waals surface area contributed by atoms with Crippen molar-refractivity contribution in [3.05, 3.63) is 72.3 Å². The highest BCUT2D eigenvalue weighted by Gasteiger charge is 2.44. The van der Waals surface area contributed by atoms with Gasteiger partial charge >= 0.3 is 0 Å². The number of aromatic amines is 1. The summed E-state index contributed by atoms with van der Waals surface area (Å²) in [6, 6.07) is 12.6. The summed E-state index contributed by atoms with van der Waals surface area (Å²) >= 11 is 1.53. The Morgan fingerprint density at radius 3 is 2.66 bits per heavy atom. The number of benzene rings is 2. The van der Waals surface area contributed by atoms with Crippen LogP contribution in [0.3, 0.4) is 0 Å². The van der Waals surface area contributed by atoms with Crippen molar-refractivity contribution in [2.75, 3.05) is 75.5 Å². The van der Waals surface area contributed by atoms with Gasteiger partial charge in [-0.2, -0.15) is 5.10 Å². The number of halogens is 1. The van der Waals surface area contributed by atoms with Crippen LogP contribution in [0.2, 0.25) is 0 Å². The number of hydrogen-bond donors (Lipinski definition) is 2. The number of fused-ring (bicyclic) bond motifs is 1. The van der Waals surface area contributed by atoms with E-state index in [0.29, 0.717) is 69.2 Å². The second kappa shape index (κ2) is 13.4. The third-order valence-electron chi connectivity index (χ3n) is 9.29. The number of nitrogens with one attached hydrogen (secondary N) is 2. The molecule has 0 aliphatic carbocycles. The molecule has 2 fully saturated rings. The van der Waals surface area contributed by atoms with Crippen LogP contribution in [0.4, 0.5) is 15.9 Å². The summed E-state index contributed by atoms with van der Waals surface area (Å²) in [5.74, 6) is 0.965. The molecule has 2 aromatic carbocycles. The molecule has 0 saturated carbocycles. The maximum absolute atomic E-state index is 15.1. The SMILES string of the molecule is CS[C@@]1(C(=O)Nc2ccc3[nH]nc(N4CCOCC4)c3c2)CCN(CC(=O)N2CC=C(c3ccc(-c4ncccn4)cc3F)CC2)C1. The van der Waals surface area contributed by atoms with Gasteiger partial charge in [0.15, 0.2) is 11.6 Å². The van der Waals surface area contributed by atoms with Crippen LogP contribution in [0.5, 0.6) is 0 Å². The van der Waals surface area contributed by atoms with Gasteiger partial charge in [0.1, 0.15) is 10.6 Å². The van der Waals surface area contributed by atoms with E-state index in [-0.39, 0.29) is 24.2 Å². The zero-order valence-corrected chi connectivity index (χ0v) is 27.1. The van der Waals surface area contributed by atoms with Crippen molar-refractivity contribution in [1.82, 2.24) is 30.0 Å². The lowest BCUT2D eigenvalue weighted by atomic mass is 9.97. The largest absolute Gasteiger partial charge is 0.378 e. The van der Waals surface area contributed by atoms with Gasteiger partial charge in [0, 0.05) is 73.9 Å². The van der Waals surface area contributed by atoms with E-state index in [4.69, 9.17) is 4.74 Å². The van der Waals surface area contributed by atoms with Gasteiger partial charge in [-0.05, 0) is 55.0 Å². The number of carbonyl (C=O) groups is 2. The minimum absolute atomic E-state index is 0.00992. The fourth-order valence-corrected chi connectivity index (χ4v) is 7.41. The summed E-state index contributed by atoms with van der Waals surface area (Å²) in [4.78, 5) is 41.5. The number of likely N-dealkylation sites (tertiary alicyclic amines) is 1. The third kappa shape index (κ3) is 6.47. The number of ether oxygens (including phenoxy) is 1. The minimum Gasteiger partial charge on any atom is -0.378 e. The van der Waals surface area contributed by atoms with Crippen molar-refractivity contribution in [1.29, 1.82) is 0 Å². The highest BCUT2D eigenvalue weighted by Crippen LogP contribution is 2.36. The number of carbonyl (C=O) groups excluding carboxylic acids is 2. The molecule has 0 bridgehead atoms. The van der Waals surface area contributed by atoms with E-state index in [9.17, 15) is 9.59 Å². The van der Waals surface area contributed by atoms with E-state index in [2.05, 4.69) is 35.3 Å². The molecule has 0 spiro atoms. The average Bonchev–Trinajstić information content (AvgIpc) is 3.74. The molecule has 3 aliphatic rings. The topological polar surface area (TPSA) is 120 Å². The monoisotopic (exact) mass is 656 g/mol. The molecule has 7 rings (SSSR count). The summed E-state index contributed by atoms with van der Waals surface area (Å²) in [7, 11) is 0. The summed E-state index contributed by atoms with van der Waals surface area (Å²) < 4.78 is 19.9. The van der Waals surface area contributed by atoms with E-state index in [0.717, 1.165) is 41.1 Å². The number of hydrogen-bond acceptors (Lipinski definition) is 9. The minimum atomic E-state index is -0.665. The van der Waals surface area contributed by atoms with Crippen molar-refractivity contribution >= 4 is 51.6 Å². The molecule has 47 heavy (non-hydrogen) atoms. The average molecular weight is 657 g/mol. The first-order valence-electron chi connectivity index (χ1n) is 15.9. The van der Waals surface area contributed by atoms with Crippen LogP contribution in [0.15, 0.2) is 60.9 Å². The molecule has 13 heteroatoms. The standard InChI is InChI=1S/C34H37FN8O3S/c1-47-34(33(45)38-25-4-6-29-27(20-25)32(40-39-29)43-15-17-46-18-16-43)9-14-41(22-34)21-30(44)42-12-7-23(8-13-42)26-5-3-24(19-28(26)35)31-36-10-2-11-37-31/h2-7,10-11,19-20H,8-9,12-18,21-22H2,1H3,(H,38,45)(H,39,40)/t34-/m0/s1. The lowest BCUT2D eigenvalue weighted by Gasteiger charge is -2.30. The Balaban J connectivity index is 0.958. The van der Waals surface area contributed by atoms with Crippen LogP contribution in [0, 0.1) is 5.82 Å². The van der Waals surface area contributed by atoms with Crippen LogP contribution in [0.1, 0.15) is 18.4 Å². The molecule has 11 nitrogen and oxygen atoms in total. The Labute approximate surface area is 276 Å². The van der Waals surface area contributed by atoms with E-state index in [1.165, 1.54) is 17.8 Å². The number of nitrogens with zero attached hydrogens (tertiary/aromatic N) is 6. The maximum atomic E-state index is 15.1. The highest BCUT2D eigenvalue weighted by atomic mass is 32.2. The number of thioether (sulfide) groups is 1. The zero-order chi connectivity index (χ0) is 32.4. The number of H-pyrrole nitrogens is 1. The van der Waals surface area contributed by atoms with Gasteiger partial charge in [-0.1, -0.05) is 18.2 Å². The summed E-state index contributed by atoms with van der Waals surface area (Å²) in [6.07, 6.45) is 8.36. The van der Waals surface area contributed by atoms with E-state index in [1.807, 2.05) is 36.6 Å². The number of aromatic nitrogens is 4. The highest BCUT2D eigenvalue weighted by molar-refractivity contribution is 8.00. The molecule has 2 N–H and O–H groups in total. The van der Waals surface area contributed by atoms with Gasteiger partial charge < -0.3 is 19.9 Å². The number of amides is 2. The molecule has 0 radical (unpaired) electrons. The molecule has 0 unspecified atom stereocenters. The predicted octanol–water partition coefficient (Wildman–Crippen LogP) is 4.06. The van der Waals surface area contributed by atoms with Gasteiger partial charge in [0.25, 0.3) is 0 Å². The van der Waals surface area contributed by atoms with Crippen molar-refractivity contribution in [2.24, 2.45) is 0 Å². The summed E-state index contributed by atoms with van der Waals surface area (Å²) in [5, 5.41) is 11.7. The quantitative estimate of drug-likeness (QED) is 0.290. The number of morpholine rings is 1. The van der Waals surface area contributed by atoms with Crippen LogP contribution in [-0.2, 0) is 14.3 Å². The van der Waals surface area contributed by atoms with Crippen molar-refractivity contribution in [3.8, 4) is 11.4 Å². The molecule has 5 heterocycles. The molecular formula is C34H37FN8O3S. The van der Waals surface area contributed by atoms with Crippen LogP contribution in [0.25, 0.3) is 27.9 Å². The molecule has 2 aromatic heterocycles. The molecule has 3 aliphatic heterocycles. The Morgan fingerprint density at radius 2 is 1.91 bits per heavy atom. The Morgan fingerprint density at radius 1 is 1.09 bits per heavy atom.